The SMILES string of the molecule is CC(=O)N[C@@H](C)CC(=O)OC(C)C. The average molecular weight is 187 g/mol. The Bertz CT molecular complexity index is 189. The van der Waals surface area contributed by atoms with Gasteiger partial charge in [0.25, 0.3) is 0 Å². The number of esters is 1. The lowest BCUT2D eigenvalue weighted by Gasteiger charge is -2.13. The lowest BCUT2D eigenvalue weighted by atomic mass is 10.2. The third kappa shape index (κ3) is 7.31. The van der Waals surface area contributed by atoms with Gasteiger partial charge in [-0.05, 0) is 20.8 Å². The van der Waals surface area contributed by atoms with E-state index in [0.717, 1.165) is 0 Å². The second kappa shape index (κ2) is 5.56. The largest absolute Gasteiger partial charge is 0.463 e. The van der Waals surface area contributed by atoms with E-state index >= 15 is 0 Å². The van der Waals surface area contributed by atoms with Crippen LogP contribution in [0.3, 0.4) is 0 Å². The predicted molar refractivity (Wildman–Crippen MR) is 49.1 cm³/mol. The molecule has 0 radical (unpaired) electrons. The van der Waals surface area contributed by atoms with E-state index in [1.54, 1.807) is 20.8 Å². The molecule has 0 saturated heterocycles. The van der Waals surface area contributed by atoms with E-state index < -0.39 is 0 Å². The maximum absolute atomic E-state index is 11.1. The normalized spacial score (nSPS) is 12.4. The number of hydrogen-bond donors (Lipinski definition) is 1. The predicted octanol–water partition coefficient (Wildman–Crippen LogP) is 0.853. The molecule has 4 heteroatoms. The van der Waals surface area contributed by atoms with Crippen molar-refractivity contribution >= 4 is 11.9 Å². The number of rotatable bonds is 4. The van der Waals surface area contributed by atoms with Crippen LogP contribution in [-0.4, -0.2) is 24.0 Å². The second-order valence-electron chi connectivity index (χ2n) is 3.34. The highest BCUT2D eigenvalue weighted by Crippen LogP contribution is 1.97. The summed E-state index contributed by atoms with van der Waals surface area (Å²) in [6.45, 7) is 6.77. The smallest absolute Gasteiger partial charge is 0.308 e. The van der Waals surface area contributed by atoms with Crippen molar-refractivity contribution in [3.05, 3.63) is 0 Å². The van der Waals surface area contributed by atoms with E-state index in [1.165, 1.54) is 6.92 Å². The number of carbonyl (C=O) groups excluding carboxylic acids is 2. The molecular weight excluding hydrogens is 170 g/mol. The molecule has 1 amide bonds. The molecule has 4 nitrogen and oxygen atoms in total. The van der Waals surface area contributed by atoms with Gasteiger partial charge in [-0.25, -0.2) is 0 Å². The first-order chi connectivity index (χ1) is 5.91. The Hall–Kier alpha value is -1.06. The monoisotopic (exact) mass is 187 g/mol. The van der Waals surface area contributed by atoms with Crippen molar-refractivity contribution in [1.29, 1.82) is 0 Å². The average Bonchev–Trinajstić information content (AvgIpc) is 1.80. The first-order valence-electron chi connectivity index (χ1n) is 4.38. The van der Waals surface area contributed by atoms with E-state index in [1.807, 2.05) is 0 Å². The van der Waals surface area contributed by atoms with Gasteiger partial charge in [-0.2, -0.15) is 0 Å². The van der Waals surface area contributed by atoms with E-state index in [0.29, 0.717) is 0 Å². The van der Waals surface area contributed by atoms with Crippen LogP contribution in [0.25, 0.3) is 0 Å². The van der Waals surface area contributed by atoms with Gasteiger partial charge in [0.1, 0.15) is 0 Å². The lowest BCUT2D eigenvalue weighted by Crippen LogP contribution is -2.33. The molecule has 0 fully saturated rings. The minimum atomic E-state index is -0.281. The van der Waals surface area contributed by atoms with Gasteiger partial charge in [-0.1, -0.05) is 0 Å². The van der Waals surface area contributed by atoms with Crippen molar-refractivity contribution in [2.45, 2.75) is 46.3 Å². The third-order valence-corrected chi connectivity index (χ3v) is 1.29. The lowest BCUT2D eigenvalue weighted by molar-refractivity contribution is -0.147. The van der Waals surface area contributed by atoms with Gasteiger partial charge in [0, 0.05) is 13.0 Å². The molecule has 0 unspecified atom stereocenters. The molecule has 0 aliphatic carbocycles. The minimum absolute atomic E-state index is 0.1000. The Morgan fingerprint density at radius 1 is 1.31 bits per heavy atom. The van der Waals surface area contributed by atoms with Gasteiger partial charge in [-0.15, -0.1) is 0 Å². The Morgan fingerprint density at radius 2 is 1.85 bits per heavy atom. The van der Waals surface area contributed by atoms with Crippen LogP contribution in [0.15, 0.2) is 0 Å². The molecular formula is C9H17NO3. The fourth-order valence-corrected chi connectivity index (χ4v) is 0.959. The molecule has 0 saturated carbocycles. The van der Waals surface area contributed by atoms with Gasteiger partial charge in [0.05, 0.1) is 12.5 Å². The third-order valence-electron chi connectivity index (χ3n) is 1.29. The van der Waals surface area contributed by atoms with Crippen molar-refractivity contribution in [3.8, 4) is 0 Å². The van der Waals surface area contributed by atoms with Crippen LogP contribution in [0.2, 0.25) is 0 Å². The van der Waals surface area contributed by atoms with Gasteiger partial charge in [-0.3, -0.25) is 9.59 Å². The molecule has 0 rings (SSSR count). The van der Waals surface area contributed by atoms with Crippen LogP contribution in [0.1, 0.15) is 34.1 Å². The summed E-state index contributed by atoms with van der Waals surface area (Å²) in [4.78, 5) is 21.7. The first-order valence-corrected chi connectivity index (χ1v) is 4.38. The summed E-state index contributed by atoms with van der Waals surface area (Å²) in [5, 5.41) is 2.61. The fourth-order valence-electron chi connectivity index (χ4n) is 0.959. The minimum Gasteiger partial charge on any atom is -0.463 e. The molecule has 0 aromatic heterocycles. The molecule has 0 aliphatic heterocycles. The Morgan fingerprint density at radius 3 is 2.23 bits per heavy atom. The zero-order chi connectivity index (χ0) is 10.4. The molecule has 0 aromatic carbocycles. The molecule has 76 valence electrons. The summed E-state index contributed by atoms with van der Waals surface area (Å²) < 4.78 is 4.91. The summed E-state index contributed by atoms with van der Waals surface area (Å²) in [6.07, 6.45) is 0.120. The van der Waals surface area contributed by atoms with E-state index in [4.69, 9.17) is 4.74 Å². The number of nitrogens with one attached hydrogen (secondary N) is 1. The zero-order valence-corrected chi connectivity index (χ0v) is 8.59. The Balaban J connectivity index is 3.71. The summed E-state index contributed by atoms with van der Waals surface area (Å²) in [5.74, 6) is -0.416. The topological polar surface area (TPSA) is 55.4 Å². The molecule has 0 spiro atoms. The highest BCUT2D eigenvalue weighted by molar-refractivity contribution is 5.75. The summed E-state index contributed by atoms with van der Waals surface area (Å²) in [6, 6.07) is -0.163. The standard InChI is InChI=1S/C9H17NO3/c1-6(2)13-9(12)5-7(3)10-8(4)11/h6-7H,5H2,1-4H3,(H,10,11)/t7-/m0/s1. The highest BCUT2D eigenvalue weighted by Gasteiger charge is 2.11. The number of carbonyl (C=O) groups is 2. The van der Waals surface area contributed by atoms with Crippen LogP contribution in [0.4, 0.5) is 0 Å². The number of ether oxygens (including phenoxy) is 1. The van der Waals surface area contributed by atoms with Crippen LogP contribution >= 0.6 is 0 Å². The number of amides is 1. The maximum atomic E-state index is 11.1. The van der Waals surface area contributed by atoms with Crippen molar-refractivity contribution in [1.82, 2.24) is 5.32 Å². The fraction of sp³-hybridized carbons (Fsp3) is 0.778. The highest BCUT2D eigenvalue weighted by atomic mass is 16.5. The van der Waals surface area contributed by atoms with Crippen LogP contribution in [0.5, 0.6) is 0 Å². The van der Waals surface area contributed by atoms with Crippen molar-refractivity contribution in [2.75, 3.05) is 0 Å². The van der Waals surface area contributed by atoms with E-state index in [2.05, 4.69) is 5.32 Å². The quantitative estimate of drug-likeness (QED) is 0.664. The van der Waals surface area contributed by atoms with Crippen LogP contribution in [-0.2, 0) is 14.3 Å². The molecule has 1 atom stereocenters. The zero-order valence-electron chi connectivity index (χ0n) is 8.59. The van der Waals surface area contributed by atoms with Crippen LogP contribution < -0.4 is 5.32 Å². The first kappa shape index (κ1) is 11.9. The summed E-state index contributed by atoms with van der Waals surface area (Å²) in [7, 11) is 0. The van der Waals surface area contributed by atoms with Gasteiger partial charge >= 0.3 is 5.97 Å². The van der Waals surface area contributed by atoms with Crippen molar-refractivity contribution < 1.29 is 14.3 Å². The van der Waals surface area contributed by atoms with Gasteiger partial charge in [0.15, 0.2) is 0 Å². The molecule has 0 bridgehead atoms. The molecule has 0 heterocycles. The van der Waals surface area contributed by atoms with Gasteiger partial charge in [0.2, 0.25) is 5.91 Å². The van der Waals surface area contributed by atoms with Crippen LogP contribution in [0, 0.1) is 0 Å². The summed E-state index contributed by atoms with van der Waals surface area (Å²) >= 11 is 0. The molecule has 0 aliphatic rings. The van der Waals surface area contributed by atoms with Crippen molar-refractivity contribution in [3.63, 3.8) is 0 Å². The number of hydrogen-bond acceptors (Lipinski definition) is 3. The van der Waals surface area contributed by atoms with E-state index in [-0.39, 0.29) is 30.4 Å². The summed E-state index contributed by atoms with van der Waals surface area (Å²) in [5.41, 5.74) is 0. The van der Waals surface area contributed by atoms with E-state index in [9.17, 15) is 9.59 Å². The molecule has 0 aromatic rings. The Kier molecular flexibility index (Phi) is 5.11. The van der Waals surface area contributed by atoms with Gasteiger partial charge < -0.3 is 10.1 Å². The Labute approximate surface area is 78.6 Å². The molecule has 1 N–H and O–H groups in total. The van der Waals surface area contributed by atoms with Crippen molar-refractivity contribution in [2.24, 2.45) is 0 Å². The molecule has 13 heavy (non-hydrogen) atoms. The second-order valence-corrected chi connectivity index (χ2v) is 3.34. The maximum Gasteiger partial charge on any atom is 0.308 e.